The summed E-state index contributed by atoms with van der Waals surface area (Å²) < 4.78 is 5.65. The number of nitrogens with one attached hydrogen (secondary N) is 2. The molecule has 3 aromatic carbocycles. The summed E-state index contributed by atoms with van der Waals surface area (Å²) in [7, 11) is 0. The van der Waals surface area contributed by atoms with E-state index in [0.29, 0.717) is 40.4 Å². The van der Waals surface area contributed by atoms with E-state index in [1.807, 2.05) is 0 Å². The van der Waals surface area contributed by atoms with Crippen LogP contribution in [0, 0.1) is 0 Å². The SMILES string of the molecule is CCCCOc1cccc(C(=O)NC(=S)Nc2ccc(N3C(=O)c4ccccc4C3=O)cc2)c1. The van der Waals surface area contributed by atoms with Crippen molar-refractivity contribution in [1.82, 2.24) is 5.32 Å². The van der Waals surface area contributed by atoms with Gasteiger partial charge in [0.05, 0.1) is 23.4 Å². The lowest BCUT2D eigenvalue weighted by Crippen LogP contribution is -2.34. The second-order valence-corrected chi connectivity index (χ2v) is 8.08. The first kappa shape index (κ1) is 23.1. The quantitative estimate of drug-likeness (QED) is 0.291. The number of rotatable bonds is 7. The van der Waals surface area contributed by atoms with Crippen LogP contribution in [0.4, 0.5) is 11.4 Å². The highest BCUT2D eigenvalue weighted by Crippen LogP contribution is 2.29. The molecule has 0 radical (unpaired) electrons. The van der Waals surface area contributed by atoms with Crippen LogP contribution < -0.4 is 20.3 Å². The second kappa shape index (κ2) is 10.3. The summed E-state index contributed by atoms with van der Waals surface area (Å²) >= 11 is 5.26. The second-order valence-electron chi connectivity index (χ2n) is 7.68. The van der Waals surface area contributed by atoms with Gasteiger partial charge in [0, 0.05) is 11.3 Å². The Morgan fingerprint density at radius 2 is 1.62 bits per heavy atom. The molecule has 8 heteroatoms. The van der Waals surface area contributed by atoms with Gasteiger partial charge in [0.1, 0.15) is 5.75 Å². The standard InChI is InChI=1S/C26H23N3O4S/c1-2-3-15-33-20-8-6-7-17(16-20)23(30)28-26(34)27-18-11-13-19(14-12-18)29-24(31)21-9-4-5-10-22(21)25(29)32/h4-14,16H,2-3,15H2,1H3,(H2,27,28,30,34). The molecule has 3 aromatic rings. The molecule has 1 aliphatic heterocycles. The van der Waals surface area contributed by atoms with Gasteiger partial charge in [-0.15, -0.1) is 0 Å². The van der Waals surface area contributed by atoms with Crippen molar-refractivity contribution in [2.45, 2.75) is 19.8 Å². The van der Waals surface area contributed by atoms with Crippen LogP contribution >= 0.6 is 12.2 Å². The molecule has 2 N–H and O–H groups in total. The summed E-state index contributed by atoms with van der Waals surface area (Å²) in [5, 5.41) is 5.70. The van der Waals surface area contributed by atoms with Gasteiger partial charge < -0.3 is 10.1 Å². The molecule has 0 fully saturated rings. The number of nitrogens with zero attached hydrogens (tertiary/aromatic N) is 1. The average molecular weight is 474 g/mol. The van der Waals surface area contributed by atoms with Crippen molar-refractivity contribution < 1.29 is 19.1 Å². The number of fused-ring (bicyclic) bond motifs is 1. The monoisotopic (exact) mass is 473 g/mol. The number of benzene rings is 3. The predicted octanol–water partition coefficient (Wildman–Crippen LogP) is 4.79. The minimum Gasteiger partial charge on any atom is -0.494 e. The first-order valence-corrected chi connectivity index (χ1v) is 11.3. The Kier molecular flexibility index (Phi) is 6.98. The number of hydrogen-bond donors (Lipinski definition) is 2. The molecule has 0 bridgehead atoms. The molecule has 7 nitrogen and oxygen atoms in total. The molecule has 0 saturated heterocycles. The van der Waals surface area contributed by atoms with E-state index in [9.17, 15) is 14.4 Å². The summed E-state index contributed by atoms with van der Waals surface area (Å²) in [5.41, 5.74) is 2.25. The highest BCUT2D eigenvalue weighted by molar-refractivity contribution is 7.80. The number of carbonyl (C=O) groups excluding carboxylic acids is 3. The van der Waals surface area contributed by atoms with Gasteiger partial charge in [-0.1, -0.05) is 31.5 Å². The van der Waals surface area contributed by atoms with Crippen molar-refractivity contribution in [3.05, 3.63) is 89.5 Å². The summed E-state index contributed by atoms with van der Waals surface area (Å²) in [4.78, 5) is 39.0. The summed E-state index contributed by atoms with van der Waals surface area (Å²) in [6.45, 7) is 2.68. The van der Waals surface area contributed by atoms with E-state index < -0.39 is 0 Å². The van der Waals surface area contributed by atoms with Crippen molar-refractivity contribution in [2.24, 2.45) is 0 Å². The Balaban J connectivity index is 1.36. The molecule has 0 saturated carbocycles. The molecule has 0 unspecified atom stereocenters. The molecule has 0 aromatic heterocycles. The van der Waals surface area contributed by atoms with E-state index in [2.05, 4.69) is 17.6 Å². The Morgan fingerprint density at radius 1 is 0.941 bits per heavy atom. The lowest BCUT2D eigenvalue weighted by Gasteiger charge is -2.15. The van der Waals surface area contributed by atoms with E-state index >= 15 is 0 Å². The van der Waals surface area contributed by atoms with Crippen LogP contribution in [0.3, 0.4) is 0 Å². The molecule has 34 heavy (non-hydrogen) atoms. The maximum Gasteiger partial charge on any atom is 0.266 e. The third-order valence-corrected chi connectivity index (χ3v) is 5.47. The highest BCUT2D eigenvalue weighted by Gasteiger charge is 2.36. The highest BCUT2D eigenvalue weighted by atomic mass is 32.1. The van der Waals surface area contributed by atoms with Gasteiger partial charge in [0.2, 0.25) is 0 Å². The number of carbonyl (C=O) groups is 3. The summed E-state index contributed by atoms with van der Waals surface area (Å²) in [5.74, 6) is -0.445. The third kappa shape index (κ3) is 4.97. The zero-order valence-electron chi connectivity index (χ0n) is 18.5. The summed E-state index contributed by atoms with van der Waals surface area (Å²) in [6.07, 6.45) is 1.97. The number of imide groups is 1. The Hall–Kier alpha value is -4.04. The van der Waals surface area contributed by atoms with Crippen LogP contribution in [0.2, 0.25) is 0 Å². The minimum absolute atomic E-state index is 0.121. The van der Waals surface area contributed by atoms with Crippen molar-refractivity contribution in [2.75, 3.05) is 16.8 Å². The van der Waals surface area contributed by atoms with Crippen LogP contribution in [-0.2, 0) is 0 Å². The molecule has 3 amide bonds. The fourth-order valence-corrected chi connectivity index (χ4v) is 3.73. The number of thiocarbonyl (C=S) groups is 1. The number of ether oxygens (including phenoxy) is 1. The zero-order chi connectivity index (χ0) is 24.1. The fraction of sp³-hybridized carbons (Fsp3) is 0.154. The molecule has 1 heterocycles. The largest absolute Gasteiger partial charge is 0.494 e. The molecule has 0 spiro atoms. The molecule has 0 atom stereocenters. The lowest BCUT2D eigenvalue weighted by molar-refractivity contribution is 0.0923. The van der Waals surface area contributed by atoms with Gasteiger partial charge in [-0.25, -0.2) is 4.90 Å². The number of amides is 3. The van der Waals surface area contributed by atoms with Crippen molar-refractivity contribution >= 4 is 46.4 Å². The van der Waals surface area contributed by atoms with Gasteiger partial charge >= 0.3 is 0 Å². The average Bonchev–Trinajstić information content (AvgIpc) is 3.10. The minimum atomic E-state index is -0.360. The van der Waals surface area contributed by atoms with Crippen LogP contribution in [0.1, 0.15) is 50.8 Å². The lowest BCUT2D eigenvalue weighted by atomic mass is 10.1. The van der Waals surface area contributed by atoms with Crippen LogP contribution in [-0.4, -0.2) is 29.4 Å². The van der Waals surface area contributed by atoms with Gasteiger partial charge in [-0.05, 0) is 73.2 Å². The first-order chi connectivity index (χ1) is 16.5. The first-order valence-electron chi connectivity index (χ1n) is 10.9. The Labute approximate surface area is 202 Å². The number of unbranched alkanes of at least 4 members (excludes halogenated alkanes) is 1. The fourth-order valence-electron chi connectivity index (χ4n) is 3.52. The maximum absolute atomic E-state index is 12.6. The molecule has 4 rings (SSSR count). The Bertz CT molecular complexity index is 1220. The molecular formula is C26H23N3O4S. The smallest absolute Gasteiger partial charge is 0.266 e. The number of hydrogen-bond acceptors (Lipinski definition) is 5. The van der Waals surface area contributed by atoms with Gasteiger partial charge in [-0.3, -0.25) is 19.7 Å². The van der Waals surface area contributed by atoms with Crippen LogP contribution in [0.25, 0.3) is 0 Å². The van der Waals surface area contributed by atoms with E-state index in [-0.39, 0.29) is 22.8 Å². The van der Waals surface area contributed by atoms with Crippen molar-refractivity contribution in [3.63, 3.8) is 0 Å². The van der Waals surface area contributed by atoms with E-state index in [4.69, 9.17) is 17.0 Å². The third-order valence-electron chi connectivity index (χ3n) is 5.27. The van der Waals surface area contributed by atoms with E-state index in [0.717, 1.165) is 17.7 Å². The van der Waals surface area contributed by atoms with Crippen molar-refractivity contribution in [3.8, 4) is 5.75 Å². The van der Waals surface area contributed by atoms with Gasteiger partial charge in [0.25, 0.3) is 17.7 Å². The maximum atomic E-state index is 12.6. The van der Waals surface area contributed by atoms with Gasteiger partial charge in [0.15, 0.2) is 5.11 Å². The van der Waals surface area contributed by atoms with E-state index in [1.165, 1.54) is 0 Å². The topological polar surface area (TPSA) is 87.7 Å². The molecule has 172 valence electrons. The number of anilines is 2. The van der Waals surface area contributed by atoms with Crippen LogP contribution in [0.15, 0.2) is 72.8 Å². The Morgan fingerprint density at radius 3 is 2.26 bits per heavy atom. The van der Waals surface area contributed by atoms with Gasteiger partial charge in [-0.2, -0.15) is 0 Å². The molecule has 1 aliphatic rings. The normalized spacial score (nSPS) is 12.3. The summed E-state index contributed by atoms with van der Waals surface area (Å²) in [6, 6.07) is 20.3. The molecular weight excluding hydrogens is 450 g/mol. The molecule has 0 aliphatic carbocycles. The van der Waals surface area contributed by atoms with E-state index in [1.54, 1.807) is 72.8 Å². The van der Waals surface area contributed by atoms with Crippen molar-refractivity contribution in [1.29, 1.82) is 0 Å². The zero-order valence-corrected chi connectivity index (χ0v) is 19.4. The predicted molar refractivity (Wildman–Crippen MR) is 135 cm³/mol. The van der Waals surface area contributed by atoms with Crippen LogP contribution in [0.5, 0.6) is 5.75 Å².